The number of rotatable bonds is 11. The van der Waals surface area contributed by atoms with Gasteiger partial charge in [0.05, 0.1) is 6.61 Å². The summed E-state index contributed by atoms with van der Waals surface area (Å²) >= 11 is -2.65. The molecule has 0 fully saturated rings. The third kappa shape index (κ3) is 7.22. The normalized spacial score (nSPS) is 12.3. The zero-order chi connectivity index (χ0) is 29.1. The monoisotopic (exact) mass is 664 g/mol. The quantitative estimate of drug-likeness (QED) is 0.210. The molecule has 4 aromatic rings. The fourth-order valence-corrected chi connectivity index (χ4v) is 7.75. The summed E-state index contributed by atoms with van der Waals surface area (Å²) in [6.07, 6.45) is -3.60. The van der Waals surface area contributed by atoms with Gasteiger partial charge in [-0.1, -0.05) is 13.8 Å². The number of ether oxygens (including phenoxy) is 1. The van der Waals surface area contributed by atoms with Crippen LogP contribution in [0.1, 0.15) is 30.7 Å². The number of alkyl halides is 3. The van der Waals surface area contributed by atoms with Crippen molar-refractivity contribution in [3.8, 4) is 28.4 Å². The summed E-state index contributed by atoms with van der Waals surface area (Å²) in [4.78, 5) is 6.73. The molecule has 0 radical (unpaired) electrons. The number of tetrazole rings is 1. The summed E-state index contributed by atoms with van der Waals surface area (Å²) in [5, 5.41) is 26.2. The first kappa shape index (κ1) is 30.0. The van der Waals surface area contributed by atoms with Crippen molar-refractivity contribution in [2.45, 2.75) is 54.2 Å². The van der Waals surface area contributed by atoms with E-state index in [0.29, 0.717) is 24.1 Å². The molecule has 2 aromatic heterocycles. The van der Waals surface area contributed by atoms with Crippen LogP contribution in [-0.4, -0.2) is 71.4 Å². The predicted octanol–water partition coefficient (Wildman–Crippen LogP) is 5.61. The number of aliphatic hydroxyl groups excluding tert-OH is 1. The number of aliphatic hydroxyl groups is 1. The van der Waals surface area contributed by atoms with E-state index in [1.807, 2.05) is 65.3 Å². The molecular weight excluding hydrogens is 628 g/mol. The summed E-state index contributed by atoms with van der Waals surface area (Å²) in [5.74, 6) is 0.993. The molecule has 2 aromatic carbocycles. The van der Waals surface area contributed by atoms with Crippen molar-refractivity contribution in [2.24, 2.45) is 5.92 Å². The molecule has 2 heterocycles. The van der Waals surface area contributed by atoms with E-state index in [0.717, 1.165) is 32.8 Å². The Morgan fingerprint density at radius 2 is 1.68 bits per heavy atom. The van der Waals surface area contributed by atoms with Crippen molar-refractivity contribution in [2.75, 3.05) is 13.2 Å². The molecule has 214 valence electrons. The Labute approximate surface area is 236 Å². The molecule has 0 aliphatic rings. The molecule has 1 N–H and O–H groups in total. The van der Waals surface area contributed by atoms with Crippen LogP contribution in [0.2, 0.25) is 14.8 Å². The second-order valence-corrected chi connectivity index (χ2v) is 24.8. The topological polar surface area (TPSA) is 90.9 Å². The summed E-state index contributed by atoms with van der Waals surface area (Å²) in [6, 6.07) is 15.9. The molecule has 12 heteroatoms. The number of hydrogen-bond donors (Lipinski definition) is 1. The van der Waals surface area contributed by atoms with Crippen LogP contribution >= 0.6 is 0 Å². The van der Waals surface area contributed by atoms with Crippen LogP contribution in [0.3, 0.4) is 0 Å². The second-order valence-electron chi connectivity index (χ2n) is 11.2. The number of halogens is 3. The second kappa shape index (κ2) is 12.3. The SMILES string of the molecule is CC(C)Cc1nn(CC(F)(F)F)c(OCCO)c1Cc1ccc(-c2ccccc2-c2nnn[n]2[Sn]([CH3])([CH3])[CH3])cc1. The van der Waals surface area contributed by atoms with Crippen LogP contribution in [-0.2, 0) is 19.4 Å². The van der Waals surface area contributed by atoms with Crippen LogP contribution in [0.15, 0.2) is 48.5 Å². The van der Waals surface area contributed by atoms with Crippen molar-refractivity contribution in [3.05, 3.63) is 65.4 Å². The Hall–Kier alpha value is -2.93. The molecule has 0 saturated heterocycles. The minimum atomic E-state index is -4.46. The maximum absolute atomic E-state index is 13.3. The average molecular weight is 663 g/mol. The minimum absolute atomic E-state index is 0.0526. The van der Waals surface area contributed by atoms with Gasteiger partial charge in [-0.25, -0.2) is 0 Å². The van der Waals surface area contributed by atoms with Gasteiger partial charge >= 0.3 is 179 Å². The molecule has 0 spiro atoms. The van der Waals surface area contributed by atoms with E-state index < -0.39 is 31.4 Å². The Morgan fingerprint density at radius 3 is 2.27 bits per heavy atom. The van der Waals surface area contributed by atoms with Crippen LogP contribution in [0, 0.1) is 5.92 Å². The number of aromatic nitrogens is 6. The van der Waals surface area contributed by atoms with E-state index >= 15 is 0 Å². The van der Waals surface area contributed by atoms with E-state index in [-0.39, 0.29) is 25.0 Å². The summed E-state index contributed by atoms with van der Waals surface area (Å²) in [6.45, 7) is 2.30. The molecular formula is C28H35F3N6O2Sn. The van der Waals surface area contributed by atoms with Crippen molar-refractivity contribution in [1.82, 2.24) is 28.2 Å². The first-order valence-corrected chi connectivity index (χ1v) is 23.1. The average Bonchev–Trinajstić information content (AvgIpc) is 3.48. The van der Waals surface area contributed by atoms with Crippen molar-refractivity contribution in [1.29, 1.82) is 0 Å². The van der Waals surface area contributed by atoms with Gasteiger partial charge in [-0.05, 0) is 5.92 Å². The Balaban J connectivity index is 1.70. The first-order valence-electron chi connectivity index (χ1n) is 13.2. The molecule has 0 unspecified atom stereocenters. The Kier molecular flexibility index (Phi) is 9.23. The molecule has 40 heavy (non-hydrogen) atoms. The molecule has 0 aliphatic carbocycles. The zero-order valence-electron chi connectivity index (χ0n) is 23.4. The summed E-state index contributed by atoms with van der Waals surface area (Å²) in [5.41, 5.74) is 5.00. The fourth-order valence-electron chi connectivity index (χ4n) is 4.58. The summed E-state index contributed by atoms with van der Waals surface area (Å²) < 4.78 is 48.5. The maximum atomic E-state index is 13.3. The molecule has 8 nitrogen and oxygen atoms in total. The van der Waals surface area contributed by atoms with E-state index in [4.69, 9.17) is 4.74 Å². The third-order valence-corrected chi connectivity index (χ3v) is 10.7. The van der Waals surface area contributed by atoms with Gasteiger partial charge in [-0.15, -0.1) is 0 Å². The Morgan fingerprint density at radius 1 is 1.00 bits per heavy atom. The van der Waals surface area contributed by atoms with E-state index in [2.05, 4.69) is 35.4 Å². The molecule has 0 saturated carbocycles. The van der Waals surface area contributed by atoms with Crippen LogP contribution in [0.5, 0.6) is 5.88 Å². The van der Waals surface area contributed by atoms with Gasteiger partial charge in [0.1, 0.15) is 13.2 Å². The molecule has 0 amide bonds. The van der Waals surface area contributed by atoms with Gasteiger partial charge in [0.25, 0.3) is 0 Å². The zero-order valence-corrected chi connectivity index (χ0v) is 26.3. The van der Waals surface area contributed by atoms with Crippen molar-refractivity contribution in [3.63, 3.8) is 0 Å². The molecule has 0 aliphatic heterocycles. The van der Waals surface area contributed by atoms with E-state index in [1.54, 1.807) is 0 Å². The van der Waals surface area contributed by atoms with E-state index in [9.17, 15) is 18.3 Å². The molecule has 0 atom stereocenters. The number of benzene rings is 2. The van der Waals surface area contributed by atoms with Gasteiger partial charge < -0.3 is 5.11 Å². The van der Waals surface area contributed by atoms with Gasteiger partial charge in [0.2, 0.25) is 0 Å². The van der Waals surface area contributed by atoms with Crippen LogP contribution in [0.4, 0.5) is 13.2 Å². The van der Waals surface area contributed by atoms with Gasteiger partial charge in [-0.3, -0.25) is 0 Å². The van der Waals surface area contributed by atoms with Gasteiger partial charge in [0, 0.05) is 0 Å². The van der Waals surface area contributed by atoms with Crippen LogP contribution in [0.25, 0.3) is 22.5 Å². The molecule has 0 bridgehead atoms. The summed E-state index contributed by atoms with van der Waals surface area (Å²) in [7, 11) is 0. The van der Waals surface area contributed by atoms with Crippen molar-refractivity contribution >= 4 is 18.7 Å². The van der Waals surface area contributed by atoms with Crippen LogP contribution < -0.4 is 4.74 Å². The predicted molar refractivity (Wildman–Crippen MR) is 150 cm³/mol. The van der Waals surface area contributed by atoms with Gasteiger partial charge in [-0.2, -0.15) is 13.2 Å². The number of nitrogens with zero attached hydrogens (tertiary/aromatic N) is 6. The number of hydrogen-bond acceptors (Lipinski definition) is 6. The van der Waals surface area contributed by atoms with E-state index in [1.165, 1.54) is 0 Å². The standard InChI is InChI=1S/C25H26F3N6O2.3CH3.Sn/c1-16(2)13-22-21(24(36-12-11-35)34(31-22)15-25(26,27)28)14-17-7-9-18(10-8-17)19-5-3-4-6-20(19)23-29-32-33-30-23;;;;/h3-10,16,35H,11-15H2,1-2H3;3*1H3;/q-1;;;;+1. The molecule has 4 rings (SSSR count). The fraction of sp³-hybridized carbons (Fsp3) is 0.429. The first-order chi connectivity index (χ1) is 18.9. The van der Waals surface area contributed by atoms with Gasteiger partial charge in [0.15, 0.2) is 0 Å². The Bertz CT molecular complexity index is 1430. The third-order valence-electron chi connectivity index (χ3n) is 6.26. The van der Waals surface area contributed by atoms with Crippen molar-refractivity contribution < 1.29 is 23.0 Å².